The van der Waals surface area contributed by atoms with Crippen molar-refractivity contribution in [2.45, 2.75) is 12.5 Å². The minimum absolute atomic E-state index is 0.0433. The Morgan fingerprint density at radius 1 is 1.09 bits per heavy atom. The van der Waals surface area contributed by atoms with Crippen LogP contribution in [0.2, 0.25) is 0 Å². The summed E-state index contributed by atoms with van der Waals surface area (Å²) >= 11 is 0. The average Bonchev–Trinajstić information content (AvgIpc) is 3.33. The molecule has 2 N–H and O–H groups in total. The van der Waals surface area contributed by atoms with Crippen molar-refractivity contribution in [2.75, 3.05) is 25.5 Å². The Morgan fingerprint density at radius 2 is 1.72 bits per heavy atom. The van der Waals surface area contributed by atoms with Gasteiger partial charge in [0, 0.05) is 19.2 Å². The second-order valence-corrected chi connectivity index (χ2v) is 7.52. The van der Waals surface area contributed by atoms with Gasteiger partial charge in [0.2, 0.25) is 5.91 Å². The molecule has 0 radical (unpaired) electrons. The Balaban J connectivity index is 1.35. The largest absolute Gasteiger partial charge is 0.480 e. The van der Waals surface area contributed by atoms with E-state index in [1.165, 1.54) is 24.1 Å². The summed E-state index contributed by atoms with van der Waals surface area (Å²) in [6.07, 6.45) is 2.25. The fourth-order valence-corrected chi connectivity index (χ4v) is 3.82. The maximum atomic E-state index is 12.3. The van der Waals surface area contributed by atoms with Crippen LogP contribution >= 0.6 is 0 Å². The van der Waals surface area contributed by atoms with Crippen LogP contribution < -0.4 is 5.32 Å². The van der Waals surface area contributed by atoms with Crippen molar-refractivity contribution in [3.05, 3.63) is 72.1 Å². The first-order valence-electron chi connectivity index (χ1n) is 10.0. The Bertz CT molecular complexity index is 1130. The number of aromatic nitrogens is 2. The minimum atomic E-state index is -1.10. The molecule has 0 bridgehead atoms. The lowest BCUT2D eigenvalue weighted by Crippen LogP contribution is -2.34. The molecule has 32 heavy (non-hydrogen) atoms. The second-order valence-electron chi connectivity index (χ2n) is 7.52. The first-order chi connectivity index (χ1) is 15.4. The van der Waals surface area contributed by atoms with E-state index in [2.05, 4.69) is 22.5 Å². The summed E-state index contributed by atoms with van der Waals surface area (Å²) in [6, 6.07) is 16.2. The first-order valence-corrected chi connectivity index (χ1v) is 10.0. The highest BCUT2D eigenvalue weighted by Crippen LogP contribution is 2.44. The number of ether oxygens (including phenoxy) is 1. The number of anilines is 1. The molecule has 0 atom stereocenters. The number of carbonyl (C=O) groups excluding carboxylic acids is 2. The molecular weight excluding hydrogens is 412 g/mol. The highest BCUT2D eigenvalue weighted by Gasteiger charge is 2.29. The van der Waals surface area contributed by atoms with E-state index in [-0.39, 0.29) is 19.1 Å². The number of nitrogens with zero attached hydrogens (tertiary/aromatic N) is 3. The first kappa shape index (κ1) is 21.1. The molecule has 0 saturated heterocycles. The topological polar surface area (TPSA) is 114 Å². The molecule has 4 rings (SSSR count). The van der Waals surface area contributed by atoms with Crippen LogP contribution in [0, 0.1) is 0 Å². The van der Waals surface area contributed by atoms with Gasteiger partial charge in [0.15, 0.2) is 0 Å². The fourth-order valence-electron chi connectivity index (χ4n) is 3.82. The molecule has 0 saturated carbocycles. The summed E-state index contributed by atoms with van der Waals surface area (Å²) in [6.45, 7) is -0.354. The molecule has 9 nitrogen and oxygen atoms in total. The van der Waals surface area contributed by atoms with E-state index in [0.29, 0.717) is 5.69 Å². The van der Waals surface area contributed by atoms with Gasteiger partial charge in [-0.15, -0.1) is 0 Å². The maximum Gasteiger partial charge on any atom is 0.411 e. The van der Waals surface area contributed by atoms with E-state index in [1.807, 2.05) is 36.4 Å². The summed E-state index contributed by atoms with van der Waals surface area (Å²) in [5.41, 5.74) is 4.92. The number of carbonyl (C=O) groups is 3. The SMILES string of the molecule is CN(CC(=O)O)C(=O)Cn1cc(NC(=O)OCC2c3ccccc3-c3ccccc32)cn1. The van der Waals surface area contributed by atoms with Crippen LogP contribution in [0.5, 0.6) is 0 Å². The molecule has 164 valence electrons. The lowest BCUT2D eigenvalue weighted by atomic mass is 9.98. The smallest absolute Gasteiger partial charge is 0.411 e. The third-order valence-electron chi connectivity index (χ3n) is 5.32. The zero-order valence-corrected chi connectivity index (χ0v) is 17.4. The molecule has 1 aliphatic carbocycles. The quantitative estimate of drug-likeness (QED) is 0.591. The van der Waals surface area contributed by atoms with Gasteiger partial charge < -0.3 is 14.7 Å². The number of likely N-dealkylation sites (N-methyl/N-ethyl adjacent to an activating group) is 1. The Labute approximate surface area is 184 Å². The van der Waals surface area contributed by atoms with E-state index >= 15 is 0 Å². The maximum absolute atomic E-state index is 12.3. The zero-order valence-electron chi connectivity index (χ0n) is 17.4. The molecule has 2 amide bonds. The zero-order chi connectivity index (χ0) is 22.7. The van der Waals surface area contributed by atoms with Crippen molar-refractivity contribution in [3.63, 3.8) is 0 Å². The highest BCUT2D eigenvalue weighted by atomic mass is 16.5. The fraction of sp³-hybridized carbons (Fsp3) is 0.217. The number of benzene rings is 2. The number of fused-ring (bicyclic) bond motifs is 3. The van der Waals surface area contributed by atoms with Gasteiger partial charge in [-0.1, -0.05) is 48.5 Å². The number of aliphatic carboxylic acids is 1. The minimum Gasteiger partial charge on any atom is -0.480 e. The summed E-state index contributed by atoms with van der Waals surface area (Å²) in [5.74, 6) is -1.56. The lowest BCUT2D eigenvalue weighted by molar-refractivity contribution is -0.143. The number of carboxylic acid groups (broad SMARTS) is 1. The van der Waals surface area contributed by atoms with Crippen LogP contribution in [0.15, 0.2) is 60.9 Å². The van der Waals surface area contributed by atoms with Gasteiger partial charge in [-0.25, -0.2) is 4.79 Å². The standard InChI is InChI=1S/C23H22N4O5/c1-26(13-22(29)30)21(28)12-27-11-15(10-24-27)25-23(31)32-14-20-18-8-4-2-6-16(18)17-7-3-5-9-19(17)20/h2-11,20H,12-14H2,1H3,(H,25,31)(H,29,30). The molecule has 0 aliphatic heterocycles. The van der Waals surface area contributed by atoms with E-state index in [0.717, 1.165) is 27.2 Å². The lowest BCUT2D eigenvalue weighted by Gasteiger charge is -2.14. The van der Waals surface area contributed by atoms with Crippen molar-refractivity contribution >= 4 is 23.7 Å². The molecule has 1 heterocycles. The van der Waals surface area contributed by atoms with Crippen LogP contribution in [0.25, 0.3) is 11.1 Å². The predicted octanol–water partition coefficient (Wildman–Crippen LogP) is 2.79. The molecule has 1 aliphatic rings. The van der Waals surface area contributed by atoms with Crippen LogP contribution in [0.4, 0.5) is 10.5 Å². The summed E-state index contributed by atoms with van der Waals surface area (Å²) in [5, 5.41) is 15.4. The molecule has 2 aromatic carbocycles. The van der Waals surface area contributed by atoms with E-state index < -0.39 is 24.5 Å². The number of hydrogen-bond donors (Lipinski definition) is 2. The molecule has 3 aromatic rings. The Morgan fingerprint density at radius 3 is 2.34 bits per heavy atom. The summed E-state index contributed by atoms with van der Waals surface area (Å²) in [7, 11) is 1.40. The van der Waals surface area contributed by atoms with E-state index in [1.54, 1.807) is 0 Å². The van der Waals surface area contributed by atoms with Crippen molar-refractivity contribution in [1.29, 1.82) is 0 Å². The van der Waals surface area contributed by atoms with Crippen LogP contribution in [0.3, 0.4) is 0 Å². The Kier molecular flexibility index (Phi) is 5.89. The molecular formula is C23H22N4O5. The van der Waals surface area contributed by atoms with E-state index in [4.69, 9.17) is 9.84 Å². The van der Waals surface area contributed by atoms with Gasteiger partial charge >= 0.3 is 12.1 Å². The highest BCUT2D eigenvalue weighted by molar-refractivity contribution is 5.85. The number of rotatable bonds is 7. The van der Waals surface area contributed by atoms with Gasteiger partial charge in [0.1, 0.15) is 19.7 Å². The average molecular weight is 434 g/mol. The van der Waals surface area contributed by atoms with Crippen LogP contribution in [-0.4, -0.2) is 58.0 Å². The molecule has 0 spiro atoms. The van der Waals surface area contributed by atoms with Gasteiger partial charge in [-0.05, 0) is 22.3 Å². The monoisotopic (exact) mass is 434 g/mol. The van der Waals surface area contributed by atoms with Gasteiger partial charge in [-0.2, -0.15) is 5.10 Å². The summed E-state index contributed by atoms with van der Waals surface area (Å²) in [4.78, 5) is 36.2. The third kappa shape index (κ3) is 4.46. The number of nitrogens with one attached hydrogen (secondary N) is 1. The van der Waals surface area contributed by atoms with Gasteiger partial charge in [0.25, 0.3) is 0 Å². The second kappa shape index (κ2) is 8.93. The summed E-state index contributed by atoms with van der Waals surface area (Å²) < 4.78 is 6.81. The normalized spacial score (nSPS) is 12.0. The third-order valence-corrected chi connectivity index (χ3v) is 5.32. The van der Waals surface area contributed by atoms with Crippen molar-refractivity contribution < 1.29 is 24.2 Å². The number of carboxylic acids is 1. The van der Waals surface area contributed by atoms with Crippen LogP contribution in [-0.2, 0) is 20.9 Å². The number of amides is 2. The van der Waals surface area contributed by atoms with Gasteiger partial charge in [0.05, 0.1) is 11.9 Å². The predicted molar refractivity (Wildman–Crippen MR) is 116 cm³/mol. The van der Waals surface area contributed by atoms with Crippen molar-refractivity contribution in [3.8, 4) is 11.1 Å². The Hall–Kier alpha value is -4.14. The molecule has 0 fully saturated rings. The molecule has 1 aromatic heterocycles. The number of hydrogen-bond acceptors (Lipinski definition) is 5. The van der Waals surface area contributed by atoms with Crippen LogP contribution in [0.1, 0.15) is 17.0 Å². The molecule has 9 heteroatoms. The van der Waals surface area contributed by atoms with Crippen molar-refractivity contribution in [1.82, 2.24) is 14.7 Å². The molecule has 0 unspecified atom stereocenters. The van der Waals surface area contributed by atoms with E-state index in [9.17, 15) is 14.4 Å². The van der Waals surface area contributed by atoms with Gasteiger partial charge in [-0.3, -0.25) is 19.6 Å². The van der Waals surface area contributed by atoms with Crippen molar-refractivity contribution in [2.24, 2.45) is 0 Å².